The van der Waals surface area contributed by atoms with Gasteiger partial charge in [-0.3, -0.25) is 4.18 Å². The van der Waals surface area contributed by atoms with E-state index in [4.69, 9.17) is 0 Å². The number of rotatable bonds is 3. The van der Waals surface area contributed by atoms with Crippen LogP contribution in [0.15, 0.2) is 16.6 Å². The van der Waals surface area contributed by atoms with Crippen molar-refractivity contribution in [3.63, 3.8) is 0 Å². The van der Waals surface area contributed by atoms with E-state index >= 15 is 0 Å². The van der Waals surface area contributed by atoms with Crippen LogP contribution >= 0.6 is 15.9 Å². The van der Waals surface area contributed by atoms with Gasteiger partial charge in [0.1, 0.15) is 0 Å². The summed E-state index contributed by atoms with van der Waals surface area (Å²) < 4.78 is 35.4. The second-order valence-electron chi connectivity index (χ2n) is 3.02. The molecule has 1 atom stereocenters. The van der Waals surface area contributed by atoms with Gasteiger partial charge in [0.2, 0.25) is 10.4 Å². The normalized spacial score (nSPS) is 13.7. The standard InChI is InChI=1S/C8H9BrO6S/c1-4(15-16(12,13)14)5-2-6(9)8(11)7(10)3-5/h2-4,10-11H,1H3,(H,12,13,14)/p-1. The Bertz CT molecular complexity index is 474. The molecule has 2 N–H and O–H groups in total. The summed E-state index contributed by atoms with van der Waals surface area (Å²) in [4.78, 5) is 0. The van der Waals surface area contributed by atoms with E-state index in [9.17, 15) is 23.2 Å². The smallest absolute Gasteiger partial charge is 0.218 e. The van der Waals surface area contributed by atoms with Crippen molar-refractivity contribution in [2.45, 2.75) is 13.0 Å². The number of phenolic OH excluding ortho intramolecular Hbond substituents is 2. The Balaban J connectivity index is 3.06. The number of benzene rings is 1. The molecule has 0 fully saturated rings. The van der Waals surface area contributed by atoms with Crippen LogP contribution in [0.4, 0.5) is 0 Å². The minimum Gasteiger partial charge on any atom is -0.726 e. The monoisotopic (exact) mass is 311 g/mol. The summed E-state index contributed by atoms with van der Waals surface area (Å²) in [5.74, 6) is -0.816. The lowest BCUT2D eigenvalue weighted by Gasteiger charge is -2.16. The van der Waals surface area contributed by atoms with Crippen LogP contribution in [-0.4, -0.2) is 23.2 Å². The fourth-order valence-corrected chi connectivity index (χ4v) is 2.00. The van der Waals surface area contributed by atoms with Gasteiger partial charge in [0, 0.05) is 0 Å². The van der Waals surface area contributed by atoms with Crippen LogP contribution in [0.5, 0.6) is 11.5 Å². The lowest BCUT2D eigenvalue weighted by molar-refractivity contribution is 0.196. The minimum absolute atomic E-state index is 0.168. The molecule has 6 nitrogen and oxygen atoms in total. The third-order valence-corrected chi connectivity index (χ3v) is 2.93. The molecule has 90 valence electrons. The zero-order valence-corrected chi connectivity index (χ0v) is 10.4. The number of halogens is 1. The molecule has 0 spiro atoms. The first-order valence-electron chi connectivity index (χ1n) is 4.06. The van der Waals surface area contributed by atoms with Gasteiger partial charge < -0.3 is 14.8 Å². The molecular weight excluding hydrogens is 304 g/mol. The summed E-state index contributed by atoms with van der Waals surface area (Å²) in [6.45, 7) is 1.33. The van der Waals surface area contributed by atoms with Crippen LogP contribution in [-0.2, 0) is 14.6 Å². The van der Waals surface area contributed by atoms with E-state index in [0.29, 0.717) is 0 Å². The highest BCUT2D eigenvalue weighted by Gasteiger charge is 2.14. The van der Waals surface area contributed by atoms with Gasteiger partial charge in [0.15, 0.2) is 11.5 Å². The predicted octanol–water partition coefficient (Wildman–Crippen LogP) is 1.40. The highest BCUT2D eigenvalue weighted by molar-refractivity contribution is 9.10. The summed E-state index contributed by atoms with van der Waals surface area (Å²) in [7, 11) is -4.82. The molecule has 0 saturated heterocycles. The number of phenols is 2. The van der Waals surface area contributed by atoms with Crippen LogP contribution in [0, 0.1) is 0 Å². The Morgan fingerprint density at radius 3 is 2.44 bits per heavy atom. The molecule has 1 aromatic rings. The zero-order valence-electron chi connectivity index (χ0n) is 8.05. The molecule has 0 saturated carbocycles. The first-order chi connectivity index (χ1) is 7.20. The lowest BCUT2D eigenvalue weighted by atomic mass is 10.1. The average molecular weight is 312 g/mol. The molecular formula is C8H8BrO6S-. The molecule has 1 unspecified atom stereocenters. The van der Waals surface area contributed by atoms with Gasteiger partial charge >= 0.3 is 0 Å². The van der Waals surface area contributed by atoms with Crippen LogP contribution < -0.4 is 0 Å². The third-order valence-electron chi connectivity index (χ3n) is 1.80. The maximum absolute atomic E-state index is 10.4. The van der Waals surface area contributed by atoms with E-state index in [2.05, 4.69) is 20.1 Å². The first-order valence-corrected chi connectivity index (χ1v) is 6.19. The topological polar surface area (TPSA) is 107 Å². The zero-order chi connectivity index (χ0) is 12.5. The van der Waals surface area contributed by atoms with Gasteiger partial charge in [-0.15, -0.1) is 0 Å². The van der Waals surface area contributed by atoms with Crippen molar-refractivity contribution in [3.8, 4) is 11.5 Å². The van der Waals surface area contributed by atoms with Crippen molar-refractivity contribution in [3.05, 3.63) is 22.2 Å². The van der Waals surface area contributed by atoms with E-state index in [-0.39, 0.29) is 15.8 Å². The van der Waals surface area contributed by atoms with Crippen LogP contribution in [0.1, 0.15) is 18.6 Å². The van der Waals surface area contributed by atoms with Gasteiger partial charge in [-0.05, 0) is 40.5 Å². The highest BCUT2D eigenvalue weighted by atomic mass is 79.9. The number of hydrogen-bond acceptors (Lipinski definition) is 6. The van der Waals surface area contributed by atoms with E-state index in [1.165, 1.54) is 13.0 Å². The average Bonchev–Trinajstić information content (AvgIpc) is 2.10. The molecule has 0 aliphatic heterocycles. The Hall–Kier alpha value is -0.830. The molecule has 1 aromatic carbocycles. The summed E-state index contributed by atoms with van der Waals surface area (Å²) in [6, 6.07) is 2.45. The molecule has 0 radical (unpaired) electrons. The van der Waals surface area contributed by atoms with Crippen LogP contribution in [0.3, 0.4) is 0 Å². The SMILES string of the molecule is CC(OS(=O)(=O)[O-])c1cc(O)c(O)c(Br)c1. The number of hydrogen-bond donors (Lipinski definition) is 2. The summed E-state index contributed by atoms with van der Waals surface area (Å²) in [5, 5.41) is 18.5. The molecule has 1 rings (SSSR count). The Kier molecular flexibility index (Phi) is 3.79. The maximum Gasteiger partial charge on any atom is 0.218 e. The minimum atomic E-state index is -4.82. The van der Waals surface area contributed by atoms with Crippen molar-refractivity contribution in [1.29, 1.82) is 0 Å². The molecule has 0 heterocycles. The fraction of sp³-hybridized carbons (Fsp3) is 0.250. The maximum atomic E-state index is 10.4. The van der Waals surface area contributed by atoms with E-state index in [1.54, 1.807) is 0 Å². The summed E-state index contributed by atoms with van der Waals surface area (Å²) >= 11 is 2.95. The van der Waals surface area contributed by atoms with Crippen molar-refractivity contribution in [2.75, 3.05) is 0 Å². The molecule has 0 bridgehead atoms. The Morgan fingerprint density at radius 2 is 2.00 bits per heavy atom. The molecule has 0 aromatic heterocycles. The summed E-state index contributed by atoms with van der Waals surface area (Å²) in [6.07, 6.45) is -1.05. The van der Waals surface area contributed by atoms with E-state index in [0.717, 1.165) is 6.07 Å². The van der Waals surface area contributed by atoms with E-state index in [1.807, 2.05) is 0 Å². The van der Waals surface area contributed by atoms with Gasteiger partial charge in [-0.1, -0.05) is 0 Å². The number of aromatic hydroxyl groups is 2. The second-order valence-corrected chi connectivity index (χ2v) is 4.88. The molecule has 8 heteroatoms. The molecule has 16 heavy (non-hydrogen) atoms. The van der Waals surface area contributed by atoms with Crippen LogP contribution in [0.2, 0.25) is 0 Å². The summed E-state index contributed by atoms with van der Waals surface area (Å²) in [5.41, 5.74) is 0.238. The van der Waals surface area contributed by atoms with Crippen molar-refractivity contribution in [1.82, 2.24) is 0 Å². The molecule has 0 amide bonds. The third kappa shape index (κ3) is 3.34. The van der Waals surface area contributed by atoms with Crippen molar-refractivity contribution in [2.24, 2.45) is 0 Å². The Morgan fingerprint density at radius 1 is 1.44 bits per heavy atom. The fourth-order valence-electron chi connectivity index (χ4n) is 1.07. The molecule has 0 aliphatic rings. The molecule has 0 aliphatic carbocycles. The quantitative estimate of drug-likeness (QED) is 0.496. The predicted molar refractivity (Wildman–Crippen MR) is 56.7 cm³/mol. The van der Waals surface area contributed by atoms with Gasteiger partial charge in [0.25, 0.3) is 0 Å². The first kappa shape index (κ1) is 13.2. The lowest BCUT2D eigenvalue weighted by Crippen LogP contribution is -2.08. The Labute approximate surface area is 101 Å². The van der Waals surface area contributed by atoms with E-state index < -0.39 is 22.3 Å². The van der Waals surface area contributed by atoms with Gasteiger partial charge in [0.05, 0.1) is 10.6 Å². The second kappa shape index (κ2) is 4.58. The van der Waals surface area contributed by atoms with Crippen molar-refractivity contribution < 1.29 is 27.4 Å². The van der Waals surface area contributed by atoms with Crippen LogP contribution in [0.25, 0.3) is 0 Å². The highest BCUT2D eigenvalue weighted by Crippen LogP contribution is 2.36. The van der Waals surface area contributed by atoms with Gasteiger partial charge in [-0.25, -0.2) is 8.42 Å². The van der Waals surface area contributed by atoms with Gasteiger partial charge in [-0.2, -0.15) is 0 Å². The van der Waals surface area contributed by atoms with Crippen molar-refractivity contribution >= 4 is 26.3 Å². The largest absolute Gasteiger partial charge is 0.726 e.